The quantitative estimate of drug-likeness (QED) is 0.785. The normalized spacial score (nSPS) is 12.2. The van der Waals surface area contributed by atoms with Gasteiger partial charge in [0.25, 0.3) is 0 Å². The lowest BCUT2D eigenvalue weighted by molar-refractivity contribution is 0.704. The van der Waals surface area contributed by atoms with Crippen LogP contribution in [0.15, 0.2) is 0 Å². The summed E-state index contributed by atoms with van der Waals surface area (Å²) < 4.78 is 0. The maximum absolute atomic E-state index is 5.61. The number of rotatable bonds is 6. The molecule has 1 heterocycles. The Morgan fingerprint density at radius 1 is 1.28 bits per heavy atom. The van der Waals surface area contributed by atoms with Crippen LogP contribution in [0.5, 0.6) is 0 Å². The van der Waals surface area contributed by atoms with Crippen molar-refractivity contribution >= 4 is 23.2 Å². The predicted octanol–water partition coefficient (Wildman–Crippen LogP) is 1.35. The van der Waals surface area contributed by atoms with Gasteiger partial charge < -0.3 is 10.6 Å². The molecule has 1 aromatic rings. The number of thiocarbonyl (C=S) groups is 1. The van der Waals surface area contributed by atoms with Gasteiger partial charge in [-0.25, -0.2) is 4.98 Å². The van der Waals surface area contributed by atoms with Crippen molar-refractivity contribution < 1.29 is 0 Å². The van der Waals surface area contributed by atoms with Crippen molar-refractivity contribution in [2.45, 2.75) is 33.6 Å². The van der Waals surface area contributed by atoms with Crippen molar-refractivity contribution in [2.24, 2.45) is 11.7 Å². The van der Waals surface area contributed by atoms with Crippen molar-refractivity contribution in [2.75, 3.05) is 18.5 Å². The summed E-state index contributed by atoms with van der Waals surface area (Å²) in [5, 5.41) is 8.37. The molecule has 0 fully saturated rings. The highest BCUT2D eigenvalue weighted by Crippen LogP contribution is 2.11. The van der Waals surface area contributed by atoms with Crippen LogP contribution in [0.4, 0.5) is 5.95 Å². The minimum atomic E-state index is 0.129. The number of aryl methyl sites for hydroxylation is 2. The molecule has 1 atom stereocenters. The van der Waals surface area contributed by atoms with E-state index in [4.69, 9.17) is 18.0 Å². The summed E-state index contributed by atoms with van der Waals surface area (Å²) in [6, 6.07) is 0. The molecule has 0 amide bonds. The zero-order valence-electron chi connectivity index (χ0n) is 11.5. The molecule has 0 radical (unpaired) electrons. The van der Waals surface area contributed by atoms with Crippen LogP contribution in [0.25, 0.3) is 0 Å². The van der Waals surface area contributed by atoms with Crippen LogP contribution in [0.3, 0.4) is 0 Å². The lowest BCUT2D eigenvalue weighted by Crippen LogP contribution is -2.32. The summed E-state index contributed by atoms with van der Waals surface area (Å²) in [4.78, 5) is 6.99. The van der Waals surface area contributed by atoms with Crippen LogP contribution in [0.1, 0.15) is 32.2 Å². The van der Waals surface area contributed by atoms with Crippen LogP contribution in [-0.4, -0.2) is 33.8 Å². The third-order valence-corrected chi connectivity index (χ3v) is 3.28. The topological polar surface area (TPSA) is 67.9 Å². The van der Waals surface area contributed by atoms with E-state index in [-0.39, 0.29) is 5.92 Å². The number of nitrogens with two attached hydrogens (primary N) is 1. The van der Waals surface area contributed by atoms with Crippen molar-refractivity contribution in [3.8, 4) is 0 Å². The summed E-state index contributed by atoms with van der Waals surface area (Å²) in [6.45, 7) is 6.83. The van der Waals surface area contributed by atoms with Gasteiger partial charge in [0.15, 0.2) is 0 Å². The highest BCUT2D eigenvalue weighted by atomic mass is 32.1. The molecule has 0 saturated carbocycles. The molecule has 0 bridgehead atoms. The first-order valence-corrected chi connectivity index (χ1v) is 6.63. The van der Waals surface area contributed by atoms with Crippen LogP contribution in [-0.2, 0) is 12.8 Å². The second-order valence-electron chi connectivity index (χ2n) is 4.40. The van der Waals surface area contributed by atoms with Crippen molar-refractivity contribution in [1.29, 1.82) is 0 Å². The minimum absolute atomic E-state index is 0.129. The van der Waals surface area contributed by atoms with Crippen molar-refractivity contribution in [1.82, 2.24) is 15.2 Å². The van der Waals surface area contributed by atoms with E-state index in [1.807, 2.05) is 18.9 Å². The molecule has 6 heteroatoms. The van der Waals surface area contributed by atoms with E-state index in [0.29, 0.717) is 17.5 Å². The van der Waals surface area contributed by atoms with Crippen LogP contribution in [0.2, 0.25) is 0 Å². The first kappa shape index (κ1) is 14.8. The summed E-state index contributed by atoms with van der Waals surface area (Å²) in [5.74, 6) is 0.761. The average molecular weight is 267 g/mol. The molecule has 0 aliphatic heterocycles. The van der Waals surface area contributed by atoms with E-state index in [0.717, 1.165) is 24.2 Å². The summed E-state index contributed by atoms with van der Waals surface area (Å²) in [7, 11) is 1.93. The monoisotopic (exact) mass is 267 g/mol. The number of aromatic nitrogens is 3. The molecule has 0 aliphatic carbocycles. The van der Waals surface area contributed by atoms with E-state index < -0.39 is 0 Å². The third-order valence-electron chi connectivity index (χ3n) is 2.87. The third kappa shape index (κ3) is 3.60. The molecule has 1 aromatic heterocycles. The zero-order chi connectivity index (χ0) is 13.7. The Balaban J connectivity index is 2.86. The molecule has 1 unspecified atom stereocenters. The number of hydrogen-bond acceptors (Lipinski definition) is 5. The molecule has 2 N–H and O–H groups in total. The van der Waals surface area contributed by atoms with Gasteiger partial charge in [0.1, 0.15) is 0 Å². The van der Waals surface area contributed by atoms with Crippen LogP contribution < -0.4 is 10.6 Å². The van der Waals surface area contributed by atoms with Gasteiger partial charge in [-0.05, 0) is 12.8 Å². The van der Waals surface area contributed by atoms with Gasteiger partial charge in [-0.15, -0.1) is 5.10 Å². The predicted molar refractivity (Wildman–Crippen MR) is 77.8 cm³/mol. The molecule has 100 valence electrons. The van der Waals surface area contributed by atoms with E-state index in [9.17, 15) is 0 Å². The Hall–Kier alpha value is -1.30. The second kappa shape index (κ2) is 6.58. The fourth-order valence-electron chi connectivity index (χ4n) is 1.67. The van der Waals surface area contributed by atoms with Gasteiger partial charge in [-0.1, -0.05) is 33.0 Å². The molecule has 0 spiro atoms. The van der Waals surface area contributed by atoms with E-state index in [1.165, 1.54) is 0 Å². The summed E-state index contributed by atoms with van der Waals surface area (Å²) in [5.41, 5.74) is 7.59. The Bertz CT molecular complexity index is 421. The van der Waals surface area contributed by atoms with Gasteiger partial charge in [0.2, 0.25) is 5.95 Å². The fourth-order valence-corrected chi connectivity index (χ4v) is 1.75. The van der Waals surface area contributed by atoms with E-state index >= 15 is 0 Å². The maximum Gasteiger partial charge on any atom is 0.245 e. The van der Waals surface area contributed by atoms with Gasteiger partial charge in [-0.3, -0.25) is 0 Å². The Morgan fingerprint density at radius 3 is 2.39 bits per heavy atom. The Kier molecular flexibility index (Phi) is 5.40. The first-order chi connectivity index (χ1) is 8.49. The highest BCUT2D eigenvalue weighted by molar-refractivity contribution is 7.80. The average Bonchev–Trinajstić information content (AvgIpc) is 2.37. The SMILES string of the molecule is CCc1nnc(N(C)CC(C)C(N)=S)nc1CC. The standard InChI is InChI=1S/C12H21N5S/c1-5-9-10(6-2)15-16-12(14-9)17(4)7-8(3)11(13)18/h8H,5-7H2,1-4H3,(H2,13,18). The van der Waals surface area contributed by atoms with Crippen LogP contribution >= 0.6 is 12.2 Å². The summed E-state index contributed by atoms with van der Waals surface area (Å²) >= 11 is 4.97. The van der Waals surface area contributed by atoms with Gasteiger partial charge in [0, 0.05) is 19.5 Å². The van der Waals surface area contributed by atoms with E-state index in [2.05, 4.69) is 29.0 Å². The maximum atomic E-state index is 5.61. The molecule has 0 aliphatic rings. The first-order valence-electron chi connectivity index (χ1n) is 6.22. The molecular formula is C12H21N5S. The zero-order valence-corrected chi connectivity index (χ0v) is 12.3. The molecule has 1 rings (SSSR count). The fraction of sp³-hybridized carbons (Fsp3) is 0.667. The van der Waals surface area contributed by atoms with Gasteiger partial charge >= 0.3 is 0 Å². The van der Waals surface area contributed by atoms with Crippen molar-refractivity contribution in [3.05, 3.63) is 11.4 Å². The highest BCUT2D eigenvalue weighted by Gasteiger charge is 2.13. The Labute approximate surface area is 114 Å². The second-order valence-corrected chi connectivity index (χ2v) is 4.87. The van der Waals surface area contributed by atoms with E-state index in [1.54, 1.807) is 0 Å². The lowest BCUT2D eigenvalue weighted by atomic mass is 10.2. The number of nitrogens with zero attached hydrogens (tertiary/aromatic N) is 4. The molecule has 18 heavy (non-hydrogen) atoms. The van der Waals surface area contributed by atoms with Gasteiger partial charge in [-0.2, -0.15) is 5.10 Å². The van der Waals surface area contributed by atoms with Gasteiger partial charge in [0.05, 0.1) is 16.4 Å². The van der Waals surface area contributed by atoms with Crippen LogP contribution in [0, 0.1) is 5.92 Å². The minimum Gasteiger partial charge on any atom is -0.393 e. The molecule has 0 saturated heterocycles. The summed E-state index contributed by atoms with van der Waals surface area (Å²) in [6.07, 6.45) is 1.72. The smallest absolute Gasteiger partial charge is 0.245 e. The lowest BCUT2D eigenvalue weighted by Gasteiger charge is -2.21. The van der Waals surface area contributed by atoms with Crippen molar-refractivity contribution in [3.63, 3.8) is 0 Å². The molecule has 5 nitrogen and oxygen atoms in total. The molecular weight excluding hydrogens is 246 g/mol. The largest absolute Gasteiger partial charge is 0.393 e. The molecule has 0 aromatic carbocycles. The number of anilines is 1. The number of hydrogen-bond donors (Lipinski definition) is 1. The Morgan fingerprint density at radius 2 is 1.89 bits per heavy atom.